The van der Waals surface area contributed by atoms with E-state index in [1.807, 2.05) is 0 Å². The van der Waals surface area contributed by atoms with Crippen LogP contribution in [-0.2, 0) is 19.4 Å². The molecule has 0 aliphatic carbocycles. The van der Waals surface area contributed by atoms with E-state index >= 15 is 0 Å². The van der Waals surface area contributed by atoms with Crippen molar-refractivity contribution in [1.29, 1.82) is 0 Å². The molecule has 0 aromatic heterocycles. The molecule has 6 rings (SSSR count). The van der Waals surface area contributed by atoms with Crippen LogP contribution in [0.1, 0.15) is 39.5 Å². The molecule has 0 radical (unpaired) electrons. The Morgan fingerprint density at radius 1 is 1.00 bits per heavy atom. The molecular formula is C26H39N3O4S. The maximum absolute atomic E-state index is 13.3. The van der Waals surface area contributed by atoms with E-state index in [0.29, 0.717) is 37.3 Å². The molecule has 2 atom stereocenters. The summed E-state index contributed by atoms with van der Waals surface area (Å²) in [6.07, 6.45) is 3.80. The summed E-state index contributed by atoms with van der Waals surface area (Å²) in [4.78, 5) is 20.1. The van der Waals surface area contributed by atoms with Crippen molar-refractivity contribution in [2.75, 3.05) is 67.2 Å². The van der Waals surface area contributed by atoms with E-state index in [9.17, 15) is 13.2 Å². The van der Waals surface area contributed by atoms with Crippen LogP contribution in [0.15, 0.2) is 24.3 Å². The normalized spacial score (nSPS) is 29.2. The SMILES string of the molecule is CC1(C)CC2CN(C(=O)CC3CCOCC3)CC1N(c1ccc(N3CCS(=O)(=O)CC3)cc1)C2. The largest absolute Gasteiger partial charge is 0.381 e. The van der Waals surface area contributed by atoms with Crippen molar-refractivity contribution in [2.24, 2.45) is 17.3 Å². The highest BCUT2D eigenvalue weighted by Gasteiger charge is 2.46. The minimum Gasteiger partial charge on any atom is -0.381 e. The Morgan fingerprint density at radius 3 is 2.32 bits per heavy atom. The zero-order valence-electron chi connectivity index (χ0n) is 20.6. The number of ether oxygens (including phenoxy) is 1. The first-order valence-electron chi connectivity index (χ1n) is 12.9. The lowest BCUT2D eigenvalue weighted by molar-refractivity contribution is -0.133. The summed E-state index contributed by atoms with van der Waals surface area (Å²) in [5, 5.41) is 0. The van der Waals surface area contributed by atoms with Crippen molar-refractivity contribution in [3.63, 3.8) is 0 Å². The van der Waals surface area contributed by atoms with Crippen molar-refractivity contribution in [3.8, 4) is 0 Å². The number of carbonyl (C=O) groups is 1. The lowest BCUT2D eigenvalue weighted by Crippen LogP contribution is -2.54. The van der Waals surface area contributed by atoms with Gasteiger partial charge in [-0.05, 0) is 60.8 Å². The summed E-state index contributed by atoms with van der Waals surface area (Å²) in [6, 6.07) is 8.92. The van der Waals surface area contributed by atoms with Crippen molar-refractivity contribution in [2.45, 2.75) is 45.6 Å². The zero-order valence-corrected chi connectivity index (χ0v) is 21.4. The van der Waals surface area contributed by atoms with E-state index in [1.165, 1.54) is 5.69 Å². The van der Waals surface area contributed by atoms with E-state index < -0.39 is 9.84 Å². The minimum absolute atomic E-state index is 0.135. The molecule has 5 aliphatic rings. The van der Waals surface area contributed by atoms with Gasteiger partial charge in [-0.1, -0.05) is 13.8 Å². The van der Waals surface area contributed by atoms with Gasteiger partial charge in [0.05, 0.1) is 17.5 Å². The number of sulfone groups is 1. The first kappa shape index (κ1) is 23.9. The van der Waals surface area contributed by atoms with E-state index in [1.54, 1.807) is 0 Å². The van der Waals surface area contributed by atoms with Crippen LogP contribution in [0.2, 0.25) is 0 Å². The van der Waals surface area contributed by atoms with Gasteiger partial charge in [-0.3, -0.25) is 4.79 Å². The standard InChI is InChI=1S/C26H39N3O4S/c1-26(2)16-21-17-28(25(30)15-20-7-11-33-12-8-20)19-24(26)29(18-21)23-5-3-22(4-6-23)27-9-13-34(31,32)14-10-27/h3-6,20-21,24H,7-19H2,1-2H3. The molecule has 7 nitrogen and oxygen atoms in total. The molecular weight excluding hydrogens is 450 g/mol. The van der Waals surface area contributed by atoms with Crippen molar-refractivity contribution >= 4 is 27.1 Å². The molecule has 5 fully saturated rings. The van der Waals surface area contributed by atoms with Crippen LogP contribution in [-0.4, -0.2) is 82.7 Å². The molecule has 5 saturated heterocycles. The smallest absolute Gasteiger partial charge is 0.222 e. The Kier molecular flexibility index (Phi) is 6.57. The predicted molar refractivity (Wildman–Crippen MR) is 135 cm³/mol. The van der Waals surface area contributed by atoms with Crippen LogP contribution in [0.25, 0.3) is 0 Å². The third-order valence-corrected chi connectivity index (χ3v) is 10.1. The van der Waals surface area contributed by atoms with Crippen LogP contribution in [0, 0.1) is 17.3 Å². The molecule has 188 valence electrons. The molecule has 0 spiro atoms. The highest BCUT2D eigenvalue weighted by molar-refractivity contribution is 7.91. The van der Waals surface area contributed by atoms with Crippen LogP contribution >= 0.6 is 0 Å². The monoisotopic (exact) mass is 489 g/mol. The number of benzene rings is 1. The lowest BCUT2D eigenvalue weighted by atomic mass is 9.73. The average molecular weight is 490 g/mol. The molecule has 2 unspecified atom stereocenters. The molecule has 5 heterocycles. The third-order valence-electron chi connectivity index (χ3n) is 8.47. The van der Waals surface area contributed by atoms with Gasteiger partial charge >= 0.3 is 0 Å². The van der Waals surface area contributed by atoms with Gasteiger partial charge in [-0.25, -0.2) is 8.42 Å². The molecule has 0 N–H and O–H groups in total. The highest BCUT2D eigenvalue weighted by atomic mass is 32.2. The zero-order chi connectivity index (χ0) is 23.9. The number of nitrogens with zero attached hydrogens (tertiary/aromatic N) is 3. The highest BCUT2D eigenvalue weighted by Crippen LogP contribution is 2.43. The van der Waals surface area contributed by atoms with Gasteiger partial charge in [-0.2, -0.15) is 0 Å². The van der Waals surface area contributed by atoms with Gasteiger partial charge in [-0.15, -0.1) is 0 Å². The number of hydrogen-bond donors (Lipinski definition) is 0. The number of piperidine rings is 1. The Hall–Kier alpha value is -1.80. The maximum Gasteiger partial charge on any atom is 0.222 e. The second kappa shape index (κ2) is 9.34. The van der Waals surface area contributed by atoms with E-state index in [2.05, 4.69) is 52.8 Å². The molecule has 34 heavy (non-hydrogen) atoms. The van der Waals surface area contributed by atoms with Gasteiger partial charge in [0.1, 0.15) is 0 Å². The fraction of sp³-hybridized carbons (Fsp3) is 0.731. The predicted octanol–water partition coefficient (Wildman–Crippen LogP) is 2.80. The van der Waals surface area contributed by atoms with Crippen LogP contribution in [0.5, 0.6) is 0 Å². The summed E-state index contributed by atoms with van der Waals surface area (Å²) in [6.45, 7) is 10.0. The third kappa shape index (κ3) is 5.08. The minimum atomic E-state index is -2.88. The Balaban J connectivity index is 1.29. The molecule has 2 bridgehead atoms. The summed E-state index contributed by atoms with van der Waals surface area (Å²) >= 11 is 0. The van der Waals surface area contributed by atoms with E-state index in [-0.39, 0.29) is 23.0 Å². The molecule has 8 heteroatoms. The molecule has 1 aromatic rings. The summed E-state index contributed by atoms with van der Waals surface area (Å²) in [5.74, 6) is 1.72. The van der Waals surface area contributed by atoms with Gasteiger partial charge in [0.25, 0.3) is 0 Å². The number of rotatable bonds is 4. The number of fused-ring (bicyclic) bond motifs is 4. The van der Waals surface area contributed by atoms with E-state index in [4.69, 9.17) is 4.74 Å². The van der Waals surface area contributed by atoms with Crippen molar-refractivity contribution < 1.29 is 17.9 Å². The van der Waals surface area contributed by atoms with Gasteiger partial charge in [0.2, 0.25) is 5.91 Å². The Morgan fingerprint density at radius 2 is 1.65 bits per heavy atom. The van der Waals surface area contributed by atoms with Gasteiger partial charge in [0, 0.05) is 63.7 Å². The number of amides is 1. The topological polar surface area (TPSA) is 70.2 Å². The van der Waals surface area contributed by atoms with Crippen molar-refractivity contribution in [3.05, 3.63) is 24.3 Å². The second-order valence-electron chi connectivity index (χ2n) is 11.4. The van der Waals surface area contributed by atoms with Crippen LogP contribution in [0.4, 0.5) is 11.4 Å². The Labute approximate surface area is 204 Å². The molecule has 1 amide bonds. The quantitative estimate of drug-likeness (QED) is 0.648. The van der Waals surface area contributed by atoms with Crippen LogP contribution < -0.4 is 9.80 Å². The first-order valence-corrected chi connectivity index (χ1v) is 14.7. The van der Waals surface area contributed by atoms with E-state index in [0.717, 1.165) is 57.8 Å². The summed E-state index contributed by atoms with van der Waals surface area (Å²) < 4.78 is 29.0. The van der Waals surface area contributed by atoms with Gasteiger partial charge < -0.3 is 19.4 Å². The second-order valence-corrected chi connectivity index (χ2v) is 13.7. The summed E-state index contributed by atoms with van der Waals surface area (Å²) in [5.41, 5.74) is 2.43. The van der Waals surface area contributed by atoms with Crippen LogP contribution in [0.3, 0.4) is 0 Å². The molecule has 1 aromatic carbocycles. The van der Waals surface area contributed by atoms with Crippen molar-refractivity contribution in [1.82, 2.24) is 4.90 Å². The molecule has 5 aliphatic heterocycles. The number of hydrogen-bond acceptors (Lipinski definition) is 6. The van der Waals surface area contributed by atoms with Gasteiger partial charge in [0.15, 0.2) is 9.84 Å². The lowest BCUT2D eigenvalue weighted by Gasteiger charge is -2.48. The first-order chi connectivity index (χ1) is 16.2. The number of carbonyl (C=O) groups excluding carboxylic acids is 1. The summed E-state index contributed by atoms with van der Waals surface area (Å²) in [7, 11) is -2.88. The fourth-order valence-electron chi connectivity index (χ4n) is 6.48. The maximum atomic E-state index is 13.3. The number of anilines is 2. The average Bonchev–Trinajstić information content (AvgIpc) is 3.07. The fourth-order valence-corrected chi connectivity index (χ4v) is 7.68. The molecule has 0 saturated carbocycles. The Bertz CT molecular complexity index is 974.